The van der Waals surface area contributed by atoms with Crippen molar-refractivity contribution in [1.29, 1.82) is 0 Å². The van der Waals surface area contributed by atoms with Crippen LogP contribution in [-0.2, 0) is 0 Å². The third-order valence-corrected chi connectivity index (χ3v) is 3.32. The molecule has 2 rings (SSSR count). The van der Waals surface area contributed by atoms with Gasteiger partial charge in [0.1, 0.15) is 5.02 Å². The van der Waals surface area contributed by atoms with Gasteiger partial charge in [-0.1, -0.05) is 11.6 Å². The average Bonchev–Trinajstić information content (AvgIpc) is 2.27. The second-order valence-electron chi connectivity index (χ2n) is 4.51. The van der Waals surface area contributed by atoms with Crippen LogP contribution in [0, 0.1) is 5.92 Å². The summed E-state index contributed by atoms with van der Waals surface area (Å²) < 4.78 is 4.99. The van der Waals surface area contributed by atoms with E-state index in [2.05, 4.69) is 9.97 Å². The summed E-state index contributed by atoms with van der Waals surface area (Å²) in [6, 6.07) is 0.699. The van der Waals surface area contributed by atoms with Gasteiger partial charge in [-0.3, -0.25) is 0 Å². The Balaban J connectivity index is 2.04. The van der Waals surface area contributed by atoms with Gasteiger partial charge >= 0.3 is 6.01 Å². The van der Waals surface area contributed by atoms with E-state index in [0.717, 1.165) is 19.4 Å². The molecule has 0 spiro atoms. The van der Waals surface area contributed by atoms with Gasteiger partial charge in [-0.15, -0.1) is 0 Å². The Labute approximate surface area is 106 Å². The third kappa shape index (κ3) is 2.79. The van der Waals surface area contributed by atoms with Crippen LogP contribution < -0.4 is 15.4 Å². The zero-order chi connectivity index (χ0) is 12.4. The minimum atomic E-state index is 0.335. The molecular formula is C11H17ClN4O. The molecule has 1 aliphatic carbocycles. The van der Waals surface area contributed by atoms with E-state index in [4.69, 9.17) is 22.1 Å². The number of nitrogens with two attached hydrogens (primary N) is 1. The van der Waals surface area contributed by atoms with Gasteiger partial charge in [-0.05, 0) is 18.8 Å². The van der Waals surface area contributed by atoms with Crippen molar-refractivity contribution in [3.63, 3.8) is 0 Å². The first-order chi connectivity index (χ1) is 8.10. The molecule has 5 nitrogen and oxygen atoms in total. The molecule has 1 aromatic rings. The van der Waals surface area contributed by atoms with Crippen molar-refractivity contribution in [3.8, 4) is 6.01 Å². The van der Waals surface area contributed by atoms with Crippen LogP contribution in [0.5, 0.6) is 6.01 Å². The van der Waals surface area contributed by atoms with Crippen molar-refractivity contribution in [3.05, 3.63) is 11.2 Å². The highest BCUT2D eigenvalue weighted by molar-refractivity contribution is 6.32. The second kappa shape index (κ2) is 5.06. The molecule has 1 aliphatic rings. The largest absolute Gasteiger partial charge is 0.467 e. The molecule has 0 radical (unpaired) electrons. The lowest BCUT2D eigenvalue weighted by Gasteiger charge is -2.35. The zero-order valence-electron chi connectivity index (χ0n) is 10.1. The number of hydrogen-bond acceptors (Lipinski definition) is 5. The number of anilines is 1. The Morgan fingerprint density at radius 3 is 2.88 bits per heavy atom. The smallest absolute Gasteiger partial charge is 0.318 e. The third-order valence-electron chi connectivity index (χ3n) is 3.05. The Hall–Kier alpha value is -1.07. The molecule has 17 heavy (non-hydrogen) atoms. The summed E-state index contributed by atoms with van der Waals surface area (Å²) in [5.74, 6) is 1.34. The van der Waals surface area contributed by atoms with Crippen LogP contribution >= 0.6 is 11.6 Å². The molecule has 94 valence electrons. The minimum Gasteiger partial charge on any atom is -0.467 e. The Bertz CT molecular complexity index is 395. The lowest BCUT2D eigenvalue weighted by molar-refractivity contribution is 0.270. The Kier molecular flexibility index (Phi) is 3.69. The van der Waals surface area contributed by atoms with Crippen molar-refractivity contribution < 1.29 is 4.74 Å². The van der Waals surface area contributed by atoms with E-state index in [1.54, 1.807) is 6.20 Å². The SMILES string of the molecule is COc1ncc(Cl)c(N(C)CC2CC(N)C2)n1. The first-order valence-electron chi connectivity index (χ1n) is 5.63. The molecule has 1 aromatic heterocycles. The maximum absolute atomic E-state index is 6.07. The number of rotatable bonds is 4. The van der Waals surface area contributed by atoms with Crippen molar-refractivity contribution in [2.45, 2.75) is 18.9 Å². The van der Waals surface area contributed by atoms with Crippen LogP contribution in [0.3, 0.4) is 0 Å². The van der Waals surface area contributed by atoms with Crippen molar-refractivity contribution in [1.82, 2.24) is 9.97 Å². The Morgan fingerprint density at radius 1 is 1.59 bits per heavy atom. The fraction of sp³-hybridized carbons (Fsp3) is 0.636. The molecular weight excluding hydrogens is 240 g/mol. The van der Waals surface area contributed by atoms with Gasteiger partial charge in [0.2, 0.25) is 0 Å². The lowest BCUT2D eigenvalue weighted by Crippen LogP contribution is -2.42. The first kappa shape index (κ1) is 12.4. The molecule has 0 saturated heterocycles. The number of aromatic nitrogens is 2. The molecule has 1 saturated carbocycles. The van der Waals surface area contributed by atoms with Crippen LogP contribution in [-0.4, -0.2) is 36.7 Å². The van der Waals surface area contributed by atoms with E-state index < -0.39 is 0 Å². The zero-order valence-corrected chi connectivity index (χ0v) is 10.8. The number of methoxy groups -OCH3 is 1. The van der Waals surface area contributed by atoms with E-state index >= 15 is 0 Å². The molecule has 0 aromatic carbocycles. The second-order valence-corrected chi connectivity index (χ2v) is 4.91. The standard InChI is InChI=1S/C11H17ClN4O/c1-16(6-7-3-8(13)4-7)10-9(12)5-14-11(15-10)17-2/h5,7-8H,3-4,6,13H2,1-2H3. The fourth-order valence-electron chi connectivity index (χ4n) is 2.12. The normalized spacial score (nSPS) is 23.1. The molecule has 0 aliphatic heterocycles. The summed E-state index contributed by atoms with van der Waals surface area (Å²) in [6.07, 6.45) is 3.71. The van der Waals surface area contributed by atoms with Gasteiger partial charge < -0.3 is 15.4 Å². The summed E-state index contributed by atoms with van der Waals surface area (Å²) in [5.41, 5.74) is 5.77. The predicted molar refractivity (Wildman–Crippen MR) is 67.6 cm³/mol. The monoisotopic (exact) mass is 256 g/mol. The van der Waals surface area contributed by atoms with E-state index in [9.17, 15) is 0 Å². The van der Waals surface area contributed by atoms with E-state index in [-0.39, 0.29) is 0 Å². The maximum Gasteiger partial charge on any atom is 0.318 e. The highest BCUT2D eigenvalue weighted by atomic mass is 35.5. The summed E-state index contributed by atoms with van der Waals surface area (Å²) >= 11 is 6.07. The molecule has 0 amide bonds. The minimum absolute atomic E-state index is 0.335. The van der Waals surface area contributed by atoms with Crippen LogP contribution in [0.1, 0.15) is 12.8 Å². The molecule has 0 bridgehead atoms. The molecule has 0 atom stereocenters. The highest BCUT2D eigenvalue weighted by Crippen LogP contribution is 2.29. The average molecular weight is 257 g/mol. The van der Waals surface area contributed by atoms with Crippen LogP contribution in [0.4, 0.5) is 5.82 Å². The maximum atomic E-state index is 6.07. The summed E-state index contributed by atoms with van der Waals surface area (Å²) in [5, 5.41) is 0.539. The summed E-state index contributed by atoms with van der Waals surface area (Å²) in [6.45, 7) is 0.910. The van der Waals surface area contributed by atoms with Gasteiger partial charge in [0.05, 0.1) is 13.3 Å². The highest BCUT2D eigenvalue weighted by Gasteiger charge is 2.27. The van der Waals surface area contributed by atoms with E-state index in [1.165, 1.54) is 7.11 Å². The van der Waals surface area contributed by atoms with Crippen LogP contribution in [0.25, 0.3) is 0 Å². The number of ether oxygens (including phenoxy) is 1. The van der Waals surface area contributed by atoms with E-state index in [0.29, 0.717) is 28.8 Å². The van der Waals surface area contributed by atoms with Gasteiger partial charge in [0.15, 0.2) is 5.82 Å². The predicted octanol–water partition coefficient (Wildman–Crippen LogP) is 1.31. The molecule has 0 unspecified atom stereocenters. The Morgan fingerprint density at radius 2 is 2.29 bits per heavy atom. The topological polar surface area (TPSA) is 64.3 Å². The molecule has 6 heteroatoms. The van der Waals surface area contributed by atoms with Crippen molar-refractivity contribution >= 4 is 17.4 Å². The quantitative estimate of drug-likeness (QED) is 0.880. The van der Waals surface area contributed by atoms with Gasteiger partial charge in [-0.2, -0.15) is 4.98 Å². The van der Waals surface area contributed by atoms with Crippen LogP contribution in [0.2, 0.25) is 5.02 Å². The fourth-order valence-corrected chi connectivity index (χ4v) is 2.35. The number of nitrogens with zero attached hydrogens (tertiary/aromatic N) is 3. The molecule has 1 fully saturated rings. The molecule has 1 heterocycles. The number of hydrogen-bond donors (Lipinski definition) is 1. The number of halogens is 1. The van der Waals surface area contributed by atoms with Gasteiger partial charge in [0.25, 0.3) is 0 Å². The van der Waals surface area contributed by atoms with Crippen molar-refractivity contribution in [2.24, 2.45) is 11.7 Å². The summed E-state index contributed by atoms with van der Waals surface area (Å²) in [7, 11) is 3.51. The van der Waals surface area contributed by atoms with Crippen molar-refractivity contribution in [2.75, 3.05) is 25.6 Å². The first-order valence-corrected chi connectivity index (χ1v) is 6.01. The van der Waals surface area contributed by atoms with Gasteiger partial charge in [0, 0.05) is 19.6 Å². The van der Waals surface area contributed by atoms with Gasteiger partial charge in [-0.25, -0.2) is 4.98 Å². The van der Waals surface area contributed by atoms with E-state index in [1.807, 2.05) is 11.9 Å². The molecule has 2 N–H and O–H groups in total. The summed E-state index contributed by atoms with van der Waals surface area (Å²) in [4.78, 5) is 10.2. The lowest BCUT2D eigenvalue weighted by atomic mass is 9.81. The van der Waals surface area contributed by atoms with Crippen LogP contribution in [0.15, 0.2) is 6.20 Å².